The molecule has 1 unspecified atom stereocenters. The first-order valence-electron chi connectivity index (χ1n) is 5.78. The van der Waals surface area contributed by atoms with Crippen LogP contribution in [0.4, 0.5) is 0 Å². The number of hydrogen-bond donors (Lipinski definition) is 2. The number of ether oxygens (including phenoxy) is 1. The molecule has 3 N–H and O–H groups in total. The van der Waals surface area contributed by atoms with Crippen LogP contribution in [0.3, 0.4) is 0 Å². The fourth-order valence-corrected chi connectivity index (χ4v) is 2.41. The van der Waals surface area contributed by atoms with E-state index in [1.165, 1.54) is 7.11 Å². The van der Waals surface area contributed by atoms with Crippen LogP contribution >= 0.6 is 11.8 Å². The number of carbonyl (C=O) groups excluding carboxylic acids is 1. The Kier molecular flexibility index (Phi) is 6.38. The van der Waals surface area contributed by atoms with Gasteiger partial charge in [-0.1, -0.05) is 12.1 Å². The lowest BCUT2D eigenvalue weighted by Gasteiger charge is -2.06. The van der Waals surface area contributed by atoms with Gasteiger partial charge in [-0.3, -0.25) is 4.79 Å². The highest BCUT2D eigenvalue weighted by molar-refractivity contribution is 7.98. The SMILES string of the molecule is COC(=O)c1cccc(CSCCC(N)C(=O)O)c1. The number of aliphatic carboxylic acids is 1. The maximum absolute atomic E-state index is 11.3. The maximum Gasteiger partial charge on any atom is 0.337 e. The zero-order chi connectivity index (χ0) is 14.3. The molecule has 0 radical (unpaired) electrons. The Morgan fingerprint density at radius 3 is 2.84 bits per heavy atom. The molecule has 104 valence electrons. The molecule has 0 saturated carbocycles. The number of hydrogen-bond acceptors (Lipinski definition) is 5. The van der Waals surface area contributed by atoms with Gasteiger partial charge in [0.05, 0.1) is 12.7 Å². The molecule has 0 spiro atoms. The van der Waals surface area contributed by atoms with Crippen molar-refractivity contribution in [2.75, 3.05) is 12.9 Å². The van der Waals surface area contributed by atoms with Crippen molar-refractivity contribution < 1.29 is 19.4 Å². The van der Waals surface area contributed by atoms with E-state index >= 15 is 0 Å². The van der Waals surface area contributed by atoms with Gasteiger partial charge >= 0.3 is 11.9 Å². The molecule has 0 aromatic heterocycles. The summed E-state index contributed by atoms with van der Waals surface area (Å²) >= 11 is 1.58. The second kappa shape index (κ2) is 7.81. The van der Waals surface area contributed by atoms with Gasteiger partial charge in [0.25, 0.3) is 0 Å². The van der Waals surface area contributed by atoms with Gasteiger partial charge in [-0.15, -0.1) is 0 Å². The Morgan fingerprint density at radius 2 is 2.21 bits per heavy atom. The lowest BCUT2D eigenvalue weighted by atomic mass is 10.1. The molecular weight excluding hydrogens is 266 g/mol. The summed E-state index contributed by atoms with van der Waals surface area (Å²) in [7, 11) is 1.34. The minimum Gasteiger partial charge on any atom is -0.480 e. The van der Waals surface area contributed by atoms with Crippen LogP contribution in [-0.4, -0.2) is 35.9 Å². The number of carboxylic acid groups (broad SMARTS) is 1. The van der Waals surface area contributed by atoms with E-state index in [9.17, 15) is 9.59 Å². The van der Waals surface area contributed by atoms with Gasteiger partial charge < -0.3 is 15.6 Å². The second-order valence-corrected chi connectivity index (χ2v) is 5.08. The maximum atomic E-state index is 11.3. The third kappa shape index (κ3) is 5.32. The molecule has 0 aliphatic heterocycles. The number of carboxylic acids is 1. The standard InChI is InChI=1S/C13H17NO4S/c1-18-13(17)10-4-2-3-9(7-10)8-19-6-5-11(14)12(15)16/h2-4,7,11H,5-6,8,14H2,1H3,(H,15,16). The number of nitrogens with two attached hydrogens (primary N) is 1. The number of thioether (sulfide) groups is 1. The summed E-state index contributed by atoms with van der Waals surface area (Å²) < 4.78 is 4.65. The van der Waals surface area contributed by atoms with Gasteiger partial charge in [0, 0.05) is 5.75 Å². The predicted octanol–water partition coefficient (Wildman–Crippen LogP) is 1.51. The summed E-state index contributed by atoms with van der Waals surface area (Å²) in [6, 6.07) is 6.37. The van der Waals surface area contributed by atoms with E-state index in [1.54, 1.807) is 30.0 Å². The quantitative estimate of drug-likeness (QED) is 0.582. The molecule has 1 aromatic carbocycles. The topological polar surface area (TPSA) is 89.6 Å². The summed E-state index contributed by atoms with van der Waals surface area (Å²) in [6.45, 7) is 0. The Morgan fingerprint density at radius 1 is 1.47 bits per heavy atom. The average molecular weight is 283 g/mol. The van der Waals surface area contributed by atoms with Crippen LogP contribution in [-0.2, 0) is 15.3 Å². The third-order valence-electron chi connectivity index (χ3n) is 2.51. The van der Waals surface area contributed by atoms with E-state index in [2.05, 4.69) is 4.74 Å². The first kappa shape index (κ1) is 15.5. The predicted molar refractivity (Wildman–Crippen MR) is 74.2 cm³/mol. The fraction of sp³-hybridized carbons (Fsp3) is 0.385. The summed E-state index contributed by atoms with van der Waals surface area (Å²) in [5.74, 6) is 0.0284. The van der Waals surface area contributed by atoms with Crippen LogP contribution in [0.25, 0.3) is 0 Å². The third-order valence-corrected chi connectivity index (χ3v) is 3.57. The van der Waals surface area contributed by atoms with Gasteiger partial charge in [0.2, 0.25) is 0 Å². The van der Waals surface area contributed by atoms with Crippen LogP contribution in [0, 0.1) is 0 Å². The molecule has 19 heavy (non-hydrogen) atoms. The van der Waals surface area contributed by atoms with Crippen LogP contribution < -0.4 is 5.73 Å². The summed E-state index contributed by atoms with van der Waals surface area (Å²) in [5, 5.41) is 8.64. The van der Waals surface area contributed by atoms with Crippen molar-refractivity contribution in [1.29, 1.82) is 0 Å². The molecule has 1 atom stereocenters. The Balaban J connectivity index is 2.41. The number of methoxy groups -OCH3 is 1. The van der Waals surface area contributed by atoms with Crippen LogP contribution in [0.1, 0.15) is 22.3 Å². The van der Waals surface area contributed by atoms with Crippen molar-refractivity contribution in [3.63, 3.8) is 0 Å². The van der Waals surface area contributed by atoms with E-state index in [4.69, 9.17) is 10.8 Å². The van der Waals surface area contributed by atoms with Crippen molar-refractivity contribution in [2.24, 2.45) is 5.73 Å². The van der Waals surface area contributed by atoms with E-state index in [0.29, 0.717) is 23.5 Å². The number of benzene rings is 1. The van der Waals surface area contributed by atoms with Crippen molar-refractivity contribution >= 4 is 23.7 Å². The van der Waals surface area contributed by atoms with Gasteiger partial charge in [-0.25, -0.2) is 4.79 Å². The molecule has 5 nitrogen and oxygen atoms in total. The van der Waals surface area contributed by atoms with Gasteiger partial charge in [-0.2, -0.15) is 11.8 Å². The zero-order valence-corrected chi connectivity index (χ0v) is 11.5. The van der Waals surface area contributed by atoms with Crippen molar-refractivity contribution in [2.45, 2.75) is 18.2 Å². The second-order valence-electron chi connectivity index (χ2n) is 3.98. The summed E-state index contributed by atoms with van der Waals surface area (Å²) in [4.78, 5) is 21.9. The monoisotopic (exact) mass is 283 g/mol. The summed E-state index contributed by atoms with van der Waals surface area (Å²) in [5.41, 5.74) is 6.92. The average Bonchev–Trinajstić information content (AvgIpc) is 2.42. The molecule has 0 aliphatic carbocycles. The Hall–Kier alpha value is -1.53. The molecule has 1 rings (SSSR count). The van der Waals surface area contributed by atoms with Crippen LogP contribution in [0.5, 0.6) is 0 Å². The fourth-order valence-electron chi connectivity index (χ4n) is 1.43. The number of rotatable bonds is 7. The highest BCUT2D eigenvalue weighted by Gasteiger charge is 2.10. The van der Waals surface area contributed by atoms with E-state index in [1.807, 2.05) is 6.07 Å². The number of carbonyl (C=O) groups is 2. The highest BCUT2D eigenvalue weighted by atomic mass is 32.2. The van der Waals surface area contributed by atoms with Crippen LogP contribution in [0.15, 0.2) is 24.3 Å². The van der Waals surface area contributed by atoms with E-state index in [0.717, 1.165) is 5.56 Å². The van der Waals surface area contributed by atoms with Crippen molar-refractivity contribution in [3.05, 3.63) is 35.4 Å². The first-order valence-corrected chi connectivity index (χ1v) is 6.93. The lowest BCUT2D eigenvalue weighted by Crippen LogP contribution is -2.30. The molecule has 0 fully saturated rings. The molecule has 0 aliphatic rings. The van der Waals surface area contributed by atoms with Gasteiger partial charge in [0.1, 0.15) is 6.04 Å². The largest absolute Gasteiger partial charge is 0.480 e. The summed E-state index contributed by atoms with van der Waals surface area (Å²) in [6.07, 6.45) is 0.427. The molecule has 6 heteroatoms. The van der Waals surface area contributed by atoms with E-state index in [-0.39, 0.29) is 5.97 Å². The lowest BCUT2D eigenvalue weighted by molar-refractivity contribution is -0.138. The zero-order valence-electron chi connectivity index (χ0n) is 10.7. The molecule has 0 heterocycles. The van der Waals surface area contributed by atoms with Crippen molar-refractivity contribution in [3.8, 4) is 0 Å². The number of esters is 1. The first-order chi connectivity index (χ1) is 9.04. The van der Waals surface area contributed by atoms with Gasteiger partial charge in [-0.05, 0) is 29.9 Å². The van der Waals surface area contributed by atoms with Crippen LogP contribution in [0.2, 0.25) is 0 Å². The minimum atomic E-state index is -0.978. The van der Waals surface area contributed by atoms with Crippen molar-refractivity contribution in [1.82, 2.24) is 0 Å². The molecule has 1 aromatic rings. The normalized spacial score (nSPS) is 11.9. The highest BCUT2D eigenvalue weighted by Crippen LogP contribution is 2.15. The van der Waals surface area contributed by atoms with E-state index < -0.39 is 12.0 Å². The smallest absolute Gasteiger partial charge is 0.337 e. The molecular formula is C13H17NO4S. The van der Waals surface area contributed by atoms with Gasteiger partial charge in [0.15, 0.2) is 0 Å². The molecule has 0 saturated heterocycles. The molecule has 0 bridgehead atoms. The Bertz CT molecular complexity index is 450. The molecule has 0 amide bonds. The Labute approximate surface area is 116 Å². The minimum absolute atomic E-state index is 0.361.